The van der Waals surface area contributed by atoms with E-state index >= 15 is 0 Å². The molecule has 8 nitrogen and oxygen atoms in total. The number of esters is 1. The first kappa shape index (κ1) is 30.3. The fourth-order valence-corrected chi connectivity index (χ4v) is 5.99. The number of aliphatic imine (C=N–C) groups is 1. The van der Waals surface area contributed by atoms with Crippen molar-refractivity contribution in [3.63, 3.8) is 0 Å². The third-order valence-corrected chi connectivity index (χ3v) is 8.17. The maximum absolute atomic E-state index is 13.6. The van der Waals surface area contributed by atoms with Gasteiger partial charge in [0.25, 0.3) is 0 Å². The number of hydrogen-bond donors (Lipinski definition) is 2. The second-order valence-corrected chi connectivity index (χ2v) is 11.3. The van der Waals surface area contributed by atoms with Gasteiger partial charge in [-0.25, -0.2) is 9.59 Å². The second kappa shape index (κ2) is 14.3. The van der Waals surface area contributed by atoms with Gasteiger partial charge < -0.3 is 14.8 Å². The number of para-hydroxylation sites is 2. The molecule has 1 fully saturated rings. The predicted octanol–water partition coefficient (Wildman–Crippen LogP) is 7.66. The number of quaternary nitrogens is 1. The van der Waals surface area contributed by atoms with Crippen molar-refractivity contribution in [2.24, 2.45) is 4.99 Å². The first-order chi connectivity index (χ1) is 21.0. The molecule has 1 saturated carbocycles. The number of benzene rings is 3. The van der Waals surface area contributed by atoms with E-state index in [0.29, 0.717) is 12.3 Å². The van der Waals surface area contributed by atoms with Crippen LogP contribution in [0.4, 0.5) is 16.2 Å². The molecule has 2 atom stereocenters. The number of ether oxygens (including phenoxy) is 2. The number of fused-ring (bicyclic) bond motifs is 1. The van der Waals surface area contributed by atoms with Gasteiger partial charge in [-0.1, -0.05) is 75.1 Å². The molecule has 3 aromatic carbocycles. The van der Waals surface area contributed by atoms with E-state index in [9.17, 15) is 9.59 Å². The Labute approximate surface area is 254 Å². The van der Waals surface area contributed by atoms with Crippen LogP contribution in [0.15, 0.2) is 83.9 Å². The third-order valence-electron chi connectivity index (χ3n) is 8.17. The minimum absolute atomic E-state index is 0.143. The molecule has 0 bridgehead atoms. The van der Waals surface area contributed by atoms with Gasteiger partial charge in [-0.2, -0.15) is 10.4 Å². The van der Waals surface area contributed by atoms with Gasteiger partial charge in [0.1, 0.15) is 18.0 Å². The van der Waals surface area contributed by atoms with Crippen LogP contribution in [-0.4, -0.2) is 30.5 Å². The molecule has 226 valence electrons. The Balaban J connectivity index is 1.41. The second-order valence-electron chi connectivity index (χ2n) is 11.3. The van der Waals surface area contributed by atoms with Crippen LogP contribution in [-0.2, 0) is 16.1 Å². The van der Waals surface area contributed by atoms with E-state index in [2.05, 4.69) is 23.7 Å². The maximum Gasteiger partial charge on any atom is 0.360 e. The molecule has 1 heterocycles. The van der Waals surface area contributed by atoms with Crippen molar-refractivity contribution in [3.05, 3.63) is 90.0 Å². The Hall–Kier alpha value is -4.17. The van der Waals surface area contributed by atoms with Crippen LogP contribution in [0.5, 0.6) is 5.75 Å². The topological polar surface area (TPSA) is 89.0 Å². The molecule has 2 aliphatic rings. The number of carbonyl (C=O) groups excluding carboxylic acids is 2. The Morgan fingerprint density at radius 3 is 2.37 bits per heavy atom. The van der Waals surface area contributed by atoms with Gasteiger partial charge in [0.2, 0.25) is 11.9 Å². The van der Waals surface area contributed by atoms with Crippen LogP contribution < -0.4 is 20.1 Å². The van der Waals surface area contributed by atoms with E-state index in [1.807, 2.05) is 72.8 Å². The number of unbranched alkanes of at least 4 members (excludes halogenated alkanes) is 1. The molecule has 5 rings (SSSR count). The summed E-state index contributed by atoms with van der Waals surface area (Å²) in [5.74, 6) is 1.05. The zero-order chi connectivity index (χ0) is 30.1. The van der Waals surface area contributed by atoms with E-state index in [4.69, 9.17) is 14.5 Å². The summed E-state index contributed by atoms with van der Waals surface area (Å²) < 4.78 is 11.6. The van der Waals surface area contributed by atoms with Gasteiger partial charge in [0.15, 0.2) is 5.69 Å². The highest BCUT2D eigenvalue weighted by atomic mass is 16.6. The van der Waals surface area contributed by atoms with Crippen LogP contribution in [0.1, 0.15) is 82.4 Å². The van der Waals surface area contributed by atoms with Crippen LogP contribution in [0.2, 0.25) is 0 Å². The van der Waals surface area contributed by atoms with Crippen molar-refractivity contribution in [3.8, 4) is 5.75 Å². The lowest BCUT2D eigenvalue weighted by Crippen LogP contribution is -2.65. The van der Waals surface area contributed by atoms with Gasteiger partial charge >= 0.3 is 12.0 Å². The zero-order valence-corrected chi connectivity index (χ0v) is 25.3. The van der Waals surface area contributed by atoms with Gasteiger partial charge in [-0.05, 0) is 56.5 Å². The van der Waals surface area contributed by atoms with E-state index in [-0.39, 0.29) is 23.3 Å². The minimum Gasteiger partial charge on any atom is -0.474 e. The SMILES string of the molecule is CCCCC1=Nc2ccccc2[N+]1(Cc1ccc(OC(C(=O)OCC)c2ccccc2)cc1)NC(=O)NC1CCCCC1. The summed E-state index contributed by atoms with van der Waals surface area (Å²) in [6.45, 7) is 4.71. The number of nitrogens with one attached hydrogen (secondary N) is 2. The Morgan fingerprint density at radius 2 is 1.65 bits per heavy atom. The lowest BCUT2D eigenvalue weighted by molar-refractivity contribution is -0.151. The monoisotopic (exact) mass is 583 g/mol. The molecule has 3 aromatic rings. The van der Waals surface area contributed by atoms with Crippen molar-refractivity contribution in [1.29, 1.82) is 0 Å². The molecule has 1 aliphatic heterocycles. The molecule has 2 N–H and O–H groups in total. The molecule has 0 spiro atoms. The molecular formula is C35H43N4O4+. The third kappa shape index (κ3) is 7.25. The number of hydrogen-bond acceptors (Lipinski definition) is 5. The van der Waals surface area contributed by atoms with E-state index in [1.54, 1.807) is 6.92 Å². The summed E-state index contributed by atoms with van der Waals surface area (Å²) in [5.41, 5.74) is 6.93. The molecule has 43 heavy (non-hydrogen) atoms. The quantitative estimate of drug-likeness (QED) is 0.169. The average molecular weight is 584 g/mol. The highest BCUT2D eigenvalue weighted by Gasteiger charge is 2.46. The lowest BCUT2D eigenvalue weighted by atomic mass is 9.96. The van der Waals surface area contributed by atoms with Crippen molar-refractivity contribution < 1.29 is 19.1 Å². The fraction of sp³-hybridized carbons (Fsp3) is 0.400. The molecule has 2 amide bonds. The summed E-state index contributed by atoms with van der Waals surface area (Å²) in [7, 11) is 0. The highest BCUT2D eigenvalue weighted by molar-refractivity contribution is 6.03. The maximum atomic E-state index is 13.6. The predicted molar refractivity (Wildman–Crippen MR) is 170 cm³/mol. The number of rotatable bonds is 12. The molecule has 8 heteroatoms. The van der Waals surface area contributed by atoms with Crippen molar-refractivity contribution in [2.75, 3.05) is 6.61 Å². The Kier molecular flexibility index (Phi) is 10.1. The van der Waals surface area contributed by atoms with Gasteiger partial charge in [-0.15, -0.1) is 4.59 Å². The Morgan fingerprint density at radius 1 is 0.930 bits per heavy atom. The number of urea groups is 1. The fourth-order valence-electron chi connectivity index (χ4n) is 5.99. The van der Waals surface area contributed by atoms with Crippen LogP contribution >= 0.6 is 0 Å². The first-order valence-electron chi connectivity index (χ1n) is 15.6. The van der Waals surface area contributed by atoms with Crippen molar-refractivity contribution in [1.82, 2.24) is 15.3 Å². The molecule has 1 aliphatic carbocycles. The first-order valence-corrected chi connectivity index (χ1v) is 15.6. The van der Waals surface area contributed by atoms with Gasteiger partial charge in [-0.3, -0.25) is 0 Å². The van der Waals surface area contributed by atoms with E-state index in [1.165, 1.54) is 6.42 Å². The lowest BCUT2D eigenvalue weighted by Gasteiger charge is -2.35. The molecular weight excluding hydrogens is 540 g/mol. The molecule has 2 unspecified atom stereocenters. The summed E-state index contributed by atoms with van der Waals surface area (Å²) in [6, 6.07) is 25.2. The van der Waals surface area contributed by atoms with Crippen LogP contribution in [0, 0.1) is 0 Å². The largest absolute Gasteiger partial charge is 0.474 e. The summed E-state index contributed by atoms with van der Waals surface area (Å²) in [6.07, 6.45) is 7.45. The van der Waals surface area contributed by atoms with E-state index < -0.39 is 12.1 Å². The molecule has 0 radical (unpaired) electrons. The highest BCUT2D eigenvalue weighted by Crippen LogP contribution is 2.42. The van der Waals surface area contributed by atoms with Crippen LogP contribution in [0.25, 0.3) is 0 Å². The van der Waals surface area contributed by atoms with Crippen molar-refractivity contribution in [2.45, 2.75) is 83.9 Å². The minimum atomic E-state index is -0.867. The van der Waals surface area contributed by atoms with Crippen LogP contribution in [0.3, 0.4) is 0 Å². The molecule has 0 saturated heterocycles. The smallest absolute Gasteiger partial charge is 0.360 e. The number of carbonyl (C=O) groups is 2. The van der Waals surface area contributed by atoms with Gasteiger partial charge in [0.05, 0.1) is 6.61 Å². The average Bonchev–Trinajstić information content (AvgIpc) is 3.32. The standard InChI is InChI=1S/C35H42N4O4/c1-3-5-20-32-37-30-18-12-13-19-31(30)39(32,38-35(41)36-28-16-10-7-11-17-28)25-26-21-23-29(24-22-26)43-33(34(40)42-4-2)27-14-8-6-9-15-27/h6,8-9,12-15,18-19,21-24,28,33H,3-5,7,10-11,16-17,20,25H2,1-2H3,(H-,36,38,41)/p+1. The number of amides is 2. The summed E-state index contributed by atoms with van der Waals surface area (Å²) in [5, 5.41) is 3.25. The number of amidine groups is 1. The molecule has 0 aromatic heterocycles. The number of nitrogens with zero attached hydrogens (tertiary/aromatic N) is 2. The summed E-state index contributed by atoms with van der Waals surface area (Å²) >= 11 is 0. The zero-order valence-electron chi connectivity index (χ0n) is 25.3. The van der Waals surface area contributed by atoms with E-state index in [0.717, 1.165) is 73.3 Å². The van der Waals surface area contributed by atoms with Crippen molar-refractivity contribution >= 4 is 29.2 Å². The van der Waals surface area contributed by atoms with Gasteiger partial charge in [0, 0.05) is 29.7 Å². The Bertz CT molecular complexity index is 1400. The summed E-state index contributed by atoms with van der Waals surface area (Å²) in [4.78, 5) is 31.4. The normalized spacial score (nSPS) is 18.7.